The minimum absolute atomic E-state index is 0.00377. The fraction of sp³-hybridized carbons (Fsp3) is 0.409. The smallest absolute Gasteiger partial charge is 0.267 e. The highest BCUT2D eigenvalue weighted by atomic mass is 35.5. The molecule has 1 amide bonds. The second-order valence-electron chi connectivity index (χ2n) is 8.29. The van der Waals surface area contributed by atoms with Crippen LogP contribution in [-0.4, -0.2) is 43.7 Å². The molecule has 4 rings (SSSR count). The van der Waals surface area contributed by atoms with Crippen molar-refractivity contribution in [1.82, 2.24) is 9.62 Å². The Morgan fingerprint density at radius 2 is 1.88 bits per heavy atom. The van der Waals surface area contributed by atoms with Gasteiger partial charge in [0.2, 0.25) is 10.0 Å². The average Bonchev–Trinajstić information content (AvgIpc) is 3.59. The van der Waals surface area contributed by atoms with Crippen LogP contribution in [0.3, 0.4) is 0 Å². The Kier molecular flexibility index (Phi) is 7.14. The van der Waals surface area contributed by atoms with E-state index >= 15 is 0 Å². The Morgan fingerprint density at radius 3 is 2.58 bits per heavy atom. The zero-order valence-corrected chi connectivity index (χ0v) is 19.8. The van der Waals surface area contributed by atoms with E-state index in [1.54, 1.807) is 6.07 Å². The van der Waals surface area contributed by atoms with E-state index in [1.165, 1.54) is 12.1 Å². The van der Waals surface area contributed by atoms with Gasteiger partial charge in [-0.05, 0) is 56.0 Å². The van der Waals surface area contributed by atoms with Crippen molar-refractivity contribution >= 4 is 39.1 Å². The monoisotopic (exact) mass is 518 g/mol. The third-order valence-electron chi connectivity index (χ3n) is 5.63. The second-order valence-corrected chi connectivity index (χ2v) is 11.1. The third kappa shape index (κ3) is 5.95. The van der Waals surface area contributed by atoms with Crippen molar-refractivity contribution in [3.05, 3.63) is 63.1 Å². The van der Waals surface area contributed by atoms with Crippen molar-refractivity contribution in [3.8, 4) is 5.75 Å². The maximum atomic E-state index is 14.6. The molecule has 1 atom stereocenters. The molecule has 2 aromatic rings. The van der Waals surface area contributed by atoms with Crippen molar-refractivity contribution < 1.29 is 26.7 Å². The van der Waals surface area contributed by atoms with Crippen molar-refractivity contribution in [3.63, 3.8) is 0 Å². The van der Waals surface area contributed by atoms with Gasteiger partial charge in [0.25, 0.3) is 5.91 Å². The molecule has 2 aromatic carbocycles. The number of halogens is 4. The first kappa shape index (κ1) is 24.2. The molecule has 33 heavy (non-hydrogen) atoms. The van der Waals surface area contributed by atoms with E-state index in [-0.39, 0.29) is 16.9 Å². The van der Waals surface area contributed by atoms with Crippen LogP contribution in [0, 0.1) is 11.6 Å². The SMILES string of the molecule is O=C(NS(=O)(=O)C1CC1)c1cc(Cl)c(OC2CCCN(Cc3ccc(F)cc3Cl)C2)cc1F. The number of carbonyl (C=O) groups excluding carboxylic acids is 1. The highest BCUT2D eigenvalue weighted by molar-refractivity contribution is 7.91. The van der Waals surface area contributed by atoms with Gasteiger partial charge in [-0.2, -0.15) is 0 Å². The lowest BCUT2D eigenvalue weighted by Crippen LogP contribution is -2.40. The lowest BCUT2D eigenvalue weighted by molar-refractivity contribution is 0.0841. The molecular weight excluding hydrogens is 497 g/mol. The molecule has 178 valence electrons. The molecular formula is C22H22Cl2F2N2O4S. The first-order valence-electron chi connectivity index (χ1n) is 10.5. The van der Waals surface area contributed by atoms with Gasteiger partial charge >= 0.3 is 0 Å². The number of piperidine rings is 1. The third-order valence-corrected chi connectivity index (χ3v) is 8.10. The Hall–Kier alpha value is -1.94. The molecule has 0 aromatic heterocycles. The van der Waals surface area contributed by atoms with Gasteiger partial charge in [0, 0.05) is 24.2 Å². The summed E-state index contributed by atoms with van der Waals surface area (Å²) in [6, 6.07) is 6.33. The number of likely N-dealkylation sites (tertiary alicyclic amines) is 1. The van der Waals surface area contributed by atoms with E-state index in [0.29, 0.717) is 37.4 Å². The van der Waals surface area contributed by atoms with Crippen LogP contribution in [0.4, 0.5) is 8.78 Å². The molecule has 1 N–H and O–H groups in total. The van der Waals surface area contributed by atoms with E-state index in [2.05, 4.69) is 4.90 Å². The number of benzene rings is 2. The fourth-order valence-electron chi connectivity index (χ4n) is 3.76. The minimum atomic E-state index is -3.81. The summed E-state index contributed by atoms with van der Waals surface area (Å²) in [5, 5.41) is -0.258. The zero-order chi connectivity index (χ0) is 23.8. The van der Waals surface area contributed by atoms with Crippen LogP contribution in [0.1, 0.15) is 41.6 Å². The lowest BCUT2D eigenvalue weighted by Gasteiger charge is -2.33. The maximum absolute atomic E-state index is 14.6. The molecule has 1 aliphatic heterocycles. The molecule has 1 saturated carbocycles. The minimum Gasteiger partial charge on any atom is -0.487 e. The summed E-state index contributed by atoms with van der Waals surface area (Å²) in [5.74, 6) is -2.32. The van der Waals surface area contributed by atoms with Gasteiger partial charge in [-0.3, -0.25) is 9.69 Å². The molecule has 6 nitrogen and oxygen atoms in total. The largest absolute Gasteiger partial charge is 0.487 e. The predicted octanol–water partition coefficient (Wildman–Crippen LogP) is 4.54. The molecule has 1 saturated heterocycles. The number of carbonyl (C=O) groups is 1. The summed E-state index contributed by atoms with van der Waals surface area (Å²) in [7, 11) is -3.81. The number of hydrogen-bond donors (Lipinski definition) is 1. The summed E-state index contributed by atoms with van der Waals surface area (Å²) in [6.07, 6.45) is 2.20. The predicted molar refractivity (Wildman–Crippen MR) is 121 cm³/mol. The van der Waals surface area contributed by atoms with Crippen LogP contribution >= 0.6 is 23.2 Å². The van der Waals surface area contributed by atoms with Crippen molar-refractivity contribution in [1.29, 1.82) is 0 Å². The summed E-state index contributed by atoms with van der Waals surface area (Å²) >= 11 is 12.4. The van der Waals surface area contributed by atoms with E-state index in [9.17, 15) is 22.0 Å². The summed E-state index contributed by atoms with van der Waals surface area (Å²) < 4.78 is 59.6. The number of nitrogens with one attached hydrogen (secondary N) is 1. The number of hydrogen-bond acceptors (Lipinski definition) is 5. The normalized spacial score (nSPS) is 19.3. The van der Waals surface area contributed by atoms with Gasteiger partial charge in [-0.25, -0.2) is 21.9 Å². The van der Waals surface area contributed by atoms with Gasteiger partial charge in [-0.1, -0.05) is 29.3 Å². The quantitative estimate of drug-likeness (QED) is 0.582. The first-order chi connectivity index (χ1) is 15.6. The van der Waals surface area contributed by atoms with Crippen molar-refractivity contribution in [2.75, 3.05) is 13.1 Å². The fourth-order valence-corrected chi connectivity index (χ4v) is 5.49. The molecule has 11 heteroatoms. The average molecular weight is 519 g/mol. The standard InChI is InChI=1S/C22H22Cl2F2N2O4S/c23-18-8-14(25)4-3-13(18)11-28-7-1-2-15(12-28)32-21-10-20(26)17(9-19(21)24)22(29)27-33(30,31)16-5-6-16/h3-4,8-10,15-16H,1-2,5-7,11-12H2,(H,27,29). The number of rotatable bonds is 7. The summed E-state index contributed by atoms with van der Waals surface area (Å²) in [5.41, 5.74) is 0.326. The molecule has 0 radical (unpaired) electrons. The Bertz CT molecular complexity index is 1180. The molecule has 1 aliphatic carbocycles. The zero-order valence-electron chi connectivity index (χ0n) is 17.5. The first-order valence-corrected chi connectivity index (χ1v) is 12.8. The van der Waals surface area contributed by atoms with Gasteiger partial charge in [0.05, 0.1) is 15.8 Å². The van der Waals surface area contributed by atoms with E-state index < -0.39 is 38.4 Å². The van der Waals surface area contributed by atoms with Gasteiger partial charge < -0.3 is 4.74 Å². The van der Waals surface area contributed by atoms with E-state index in [0.717, 1.165) is 30.7 Å². The van der Waals surface area contributed by atoms with Crippen LogP contribution in [0.5, 0.6) is 5.75 Å². The molecule has 0 bridgehead atoms. The van der Waals surface area contributed by atoms with E-state index in [4.69, 9.17) is 27.9 Å². The topological polar surface area (TPSA) is 75.7 Å². The maximum Gasteiger partial charge on any atom is 0.267 e. The van der Waals surface area contributed by atoms with Crippen LogP contribution in [0.2, 0.25) is 10.0 Å². The van der Waals surface area contributed by atoms with Gasteiger partial charge in [-0.15, -0.1) is 0 Å². The highest BCUT2D eigenvalue weighted by Gasteiger charge is 2.37. The summed E-state index contributed by atoms with van der Waals surface area (Å²) in [6.45, 7) is 1.83. The number of nitrogens with zero attached hydrogens (tertiary/aromatic N) is 1. The molecule has 1 heterocycles. The molecule has 2 aliphatic rings. The Balaban J connectivity index is 1.41. The van der Waals surface area contributed by atoms with Crippen molar-refractivity contribution in [2.45, 2.75) is 43.6 Å². The number of sulfonamides is 1. The number of ether oxygens (including phenoxy) is 1. The van der Waals surface area contributed by atoms with Gasteiger partial charge in [0.15, 0.2) is 0 Å². The lowest BCUT2D eigenvalue weighted by atomic mass is 10.1. The van der Waals surface area contributed by atoms with Crippen LogP contribution in [0.15, 0.2) is 30.3 Å². The number of amides is 1. The molecule has 0 spiro atoms. The summed E-state index contributed by atoms with van der Waals surface area (Å²) in [4.78, 5) is 14.4. The highest BCUT2D eigenvalue weighted by Crippen LogP contribution is 2.32. The van der Waals surface area contributed by atoms with Gasteiger partial charge in [0.1, 0.15) is 23.5 Å². The second kappa shape index (κ2) is 9.74. The Morgan fingerprint density at radius 1 is 1.12 bits per heavy atom. The van der Waals surface area contributed by atoms with Crippen molar-refractivity contribution in [2.24, 2.45) is 0 Å². The van der Waals surface area contributed by atoms with Crippen LogP contribution in [-0.2, 0) is 16.6 Å². The van der Waals surface area contributed by atoms with Crippen LogP contribution < -0.4 is 9.46 Å². The van der Waals surface area contributed by atoms with E-state index in [1.807, 2.05) is 4.72 Å². The molecule has 1 unspecified atom stereocenters. The van der Waals surface area contributed by atoms with Crippen LogP contribution in [0.25, 0.3) is 0 Å². The molecule has 2 fully saturated rings. The Labute approximate surface area is 200 Å².